The second kappa shape index (κ2) is 7.25. The number of anilines is 1. The van der Waals surface area contributed by atoms with Crippen molar-refractivity contribution in [2.24, 2.45) is 0 Å². The number of aryl methyl sites for hydroxylation is 1. The molecule has 0 spiro atoms. The third kappa shape index (κ3) is 4.24. The molecule has 2 aromatic heterocycles. The van der Waals surface area contributed by atoms with Crippen molar-refractivity contribution >= 4 is 24.8 Å². The zero-order chi connectivity index (χ0) is 18.9. The van der Waals surface area contributed by atoms with E-state index in [1.54, 1.807) is 0 Å². The van der Waals surface area contributed by atoms with Gasteiger partial charge in [0.25, 0.3) is 5.19 Å². The summed E-state index contributed by atoms with van der Waals surface area (Å²) >= 11 is 1.23. The molecular formula is C18H28N4O2SSi. The number of rotatable bonds is 5. The Morgan fingerprint density at radius 2 is 2.04 bits per heavy atom. The Bertz CT molecular complexity index is 773. The fraction of sp³-hybridized carbons (Fsp3) is 0.611. The van der Waals surface area contributed by atoms with Gasteiger partial charge >= 0.3 is 0 Å². The van der Waals surface area contributed by atoms with Crippen molar-refractivity contribution in [3.05, 3.63) is 29.1 Å². The van der Waals surface area contributed by atoms with E-state index in [0.29, 0.717) is 16.9 Å². The molecule has 6 nitrogen and oxygen atoms in total. The largest absolute Gasteiger partial charge is 0.462 e. The number of nitrogens with two attached hydrogens (primary N) is 1. The van der Waals surface area contributed by atoms with E-state index in [9.17, 15) is 0 Å². The number of hydrogen-bond acceptors (Lipinski definition) is 7. The van der Waals surface area contributed by atoms with E-state index in [0.717, 1.165) is 30.7 Å². The molecular weight excluding hydrogens is 364 g/mol. The Morgan fingerprint density at radius 3 is 2.69 bits per heavy atom. The predicted octanol–water partition coefficient (Wildman–Crippen LogP) is 4.49. The Morgan fingerprint density at radius 1 is 1.27 bits per heavy atom. The van der Waals surface area contributed by atoms with Crippen LogP contribution in [-0.4, -0.2) is 23.5 Å². The lowest BCUT2D eigenvalue weighted by Gasteiger charge is -2.40. The first-order valence-electron chi connectivity index (χ1n) is 9.04. The first kappa shape index (κ1) is 19.3. The lowest BCUT2D eigenvalue weighted by molar-refractivity contribution is 0.162. The number of hydrogen-bond donors (Lipinski definition) is 1. The molecule has 2 N–H and O–H groups in total. The highest BCUT2D eigenvalue weighted by atomic mass is 32.1. The molecule has 8 heteroatoms. The number of ether oxygens (including phenoxy) is 1. The fourth-order valence-electron chi connectivity index (χ4n) is 2.81. The van der Waals surface area contributed by atoms with Crippen molar-refractivity contribution in [1.29, 1.82) is 0 Å². The number of fused-ring (bicyclic) bond motifs is 1. The van der Waals surface area contributed by atoms with Crippen LogP contribution in [0.25, 0.3) is 0 Å². The number of nitrogen functional groups attached to an aromatic ring is 1. The predicted molar refractivity (Wildman–Crippen MR) is 107 cm³/mol. The zero-order valence-electron chi connectivity index (χ0n) is 16.2. The van der Waals surface area contributed by atoms with Gasteiger partial charge in [0.2, 0.25) is 5.13 Å². The molecule has 0 saturated heterocycles. The summed E-state index contributed by atoms with van der Waals surface area (Å²) in [4.78, 5) is 4.81. The maximum atomic E-state index is 6.68. The molecule has 2 heterocycles. The van der Waals surface area contributed by atoms with Crippen molar-refractivity contribution in [2.45, 2.75) is 70.9 Å². The van der Waals surface area contributed by atoms with Crippen molar-refractivity contribution in [2.75, 3.05) is 5.73 Å². The molecule has 1 unspecified atom stereocenters. The van der Waals surface area contributed by atoms with Crippen molar-refractivity contribution in [1.82, 2.24) is 15.2 Å². The van der Waals surface area contributed by atoms with Crippen LogP contribution in [0.2, 0.25) is 18.1 Å². The number of nitrogens with zero attached hydrogens (tertiary/aromatic N) is 3. The van der Waals surface area contributed by atoms with Crippen LogP contribution in [0, 0.1) is 0 Å². The average Bonchev–Trinajstić information content (AvgIpc) is 2.97. The topological polar surface area (TPSA) is 83.2 Å². The van der Waals surface area contributed by atoms with Crippen molar-refractivity contribution < 1.29 is 9.16 Å². The van der Waals surface area contributed by atoms with E-state index in [2.05, 4.69) is 50.1 Å². The maximum Gasteiger partial charge on any atom is 0.296 e. The molecule has 0 aliphatic heterocycles. The van der Waals surface area contributed by atoms with E-state index in [1.165, 1.54) is 16.9 Å². The molecule has 1 aliphatic rings. The summed E-state index contributed by atoms with van der Waals surface area (Å²) < 4.78 is 12.3. The highest BCUT2D eigenvalue weighted by Crippen LogP contribution is 2.42. The van der Waals surface area contributed by atoms with Crippen LogP contribution >= 0.6 is 11.3 Å². The molecule has 0 aromatic carbocycles. The van der Waals surface area contributed by atoms with Gasteiger partial charge in [-0.1, -0.05) is 31.9 Å². The molecule has 142 valence electrons. The van der Waals surface area contributed by atoms with Gasteiger partial charge in [0.1, 0.15) is 6.61 Å². The molecule has 26 heavy (non-hydrogen) atoms. The molecule has 1 aliphatic carbocycles. The van der Waals surface area contributed by atoms with E-state index in [4.69, 9.17) is 19.9 Å². The maximum absolute atomic E-state index is 6.68. The minimum atomic E-state index is -1.81. The Balaban J connectivity index is 1.72. The number of aromatic nitrogens is 3. The summed E-state index contributed by atoms with van der Waals surface area (Å²) in [6, 6.07) is 4.18. The first-order valence-corrected chi connectivity index (χ1v) is 12.8. The monoisotopic (exact) mass is 392 g/mol. The molecule has 3 rings (SSSR count). The van der Waals surface area contributed by atoms with Gasteiger partial charge in [-0.15, -0.1) is 5.10 Å². The lowest BCUT2D eigenvalue weighted by Crippen LogP contribution is -2.42. The van der Waals surface area contributed by atoms with Gasteiger partial charge in [-0.05, 0) is 54.8 Å². The quantitative estimate of drug-likeness (QED) is 0.755. The zero-order valence-corrected chi connectivity index (χ0v) is 18.0. The Kier molecular flexibility index (Phi) is 5.37. The van der Waals surface area contributed by atoms with Crippen LogP contribution in [0.4, 0.5) is 5.13 Å². The lowest BCUT2D eigenvalue weighted by atomic mass is 9.93. The molecule has 0 amide bonds. The number of pyridine rings is 1. The Labute approximate surface area is 160 Å². The van der Waals surface area contributed by atoms with E-state index < -0.39 is 8.32 Å². The van der Waals surface area contributed by atoms with Gasteiger partial charge in [0.05, 0.1) is 11.8 Å². The third-order valence-electron chi connectivity index (χ3n) is 5.30. The molecule has 0 fully saturated rings. The fourth-order valence-corrected chi connectivity index (χ4v) is 4.58. The van der Waals surface area contributed by atoms with Crippen LogP contribution in [0.3, 0.4) is 0 Å². The van der Waals surface area contributed by atoms with Gasteiger partial charge in [-0.2, -0.15) is 0 Å². The second-order valence-corrected chi connectivity index (χ2v) is 14.0. The van der Waals surface area contributed by atoms with Gasteiger partial charge in [-0.3, -0.25) is 4.98 Å². The molecule has 0 radical (unpaired) electrons. The standard InChI is InChI=1S/C18H28N4O2SSi/c1-18(2,3)26(4,5)24-15-8-6-7-14-13(15)10-9-12(20-14)11-23-17-22-21-16(19)25-17/h9-10,15H,6-8,11H2,1-5H3,(H2,19,21). The molecule has 0 bridgehead atoms. The van der Waals surface area contributed by atoms with Gasteiger partial charge in [0.15, 0.2) is 8.32 Å². The summed E-state index contributed by atoms with van der Waals surface area (Å²) in [7, 11) is -1.81. The van der Waals surface area contributed by atoms with Crippen molar-refractivity contribution in [3.63, 3.8) is 0 Å². The molecule has 2 aromatic rings. The highest BCUT2D eigenvalue weighted by molar-refractivity contribution is 7.16. The van der Waals surface area contributed by atoms with E-state index in [1.807, 2.05) is 6.07 Å². The van der Waals surface area contributed by atoms with Crippen LogP contribution in [-0.2, 0) is 17.5 Å². The Hall–Kier alpha value is -1.51. The van der Waals surface area contributed by atoms with Crippen LogP contribution in [0.5, 0.6) is 5.19 Å². The van der Waals surface area contributed by atoms with Crippen LogP contribution in [0.1, 0.15) is 56.7 Å². The first-order chi connectivity index (χ1) is 12.2. The van der Waals surface area contributed by atoms with Gasteiger partial charge < -0.3 is 14.9 Å². The minimum absolute atomic E-state index is 0.157. The second-order valence-electron chi connectivity index (χ2n) is 8.29. The summed E-state index contributed by atoms with van der Waals surface area (Å²) in [6.07, 6.45) is 3.33. The highest BCUT2D eigenvalue weighted by Gasteiger charge is 2.40. The van der Waals surface area contributed by atoms with Gasteiger partial charge in [0, 0.05) is 11.3 Å². The smallest absolute Gasteiger partial charge is 0.296 e. The summed E-state index contributed by atoms with van der Waals surface area (Å²) in [5.74, 6) is 0. The SMILES string of the molecule is CC(C)(C)[Si](C)(C)OC1CCCc2nc(COc3nnc(N)s3)ccc21. The van der Waals surface area contributed by atoms with Crippen molar-refractivity contribution in [3.8, 4) is 5.19 Å². The average molecular weight is 393 g/mol. The van der Waals surface area contributed by atoms with E-state index >= 15 is 0 Å². The summed E-state index contributed by atoms with van der Waals surface area (Å²) in [5, 5.41) is 8.71. The molecule has 0 saturated carbocycles. The van der Waals surface area contributed by atoms with E-state index in [-0.39, 0.29) is 11.1 Å². The van der Waals surface area contributed by atoms with Crippen LogP contribution < -0.4 is 10.5 Å². The third-order valence-corrected chi connectivity index (χ3v) is 10.5. The summed E-state index contributed by atoms with van der Waals surface area (Å²) in [5.41, 5.74) is 8.85. The minimum Gasteiger partial charge on any atom is -0.462 e. The van der Waals surface area contributed by atoms with Crippen LogP contribution in [0.15, 0.2) is 12.1 Å². The van der Waals surface area contributed by atoms with Gasteiger partial charge in [-0.25, -0.2) is 0 Å². The molecule has 1 atom stereocenters. The summed E-state index contributed by atoms with van der Waals surface area (Å²) in [6.45, 7) is 11.8. The normalized spacial score (nSPS) is 17.8.